The molecule has 1 aromatic carbocycles. The molecule has 1 amide bonds. The highest BCUT2D eigenvalue weighted by molar-refractivity contribution is 7.79. The van der Waals surface area contributed by atoms with Gasteiger partial charge in [-0.3, -0.25) is 13.9 Å². The monoisotopic (exact) mass is 548 g/mol. The van der Waals surface area contributed by atoms with Crippen molar-refractivity contribution in [3.05, 3.63) is 57.9 Å². The molecule has 14 heteroatoms. The minimum absolute atomic E-state index is 0.000720. The molecule has 1 atom stereocenters. The van der Waals surface area contributed by atoms with E-state index in [0.29, 0.717) is 17.9 Å². The van der Waals surface area contributed by atoms with Crippen LogP contribution in [0.3, 0.4) is 0 Å². The van der Waals surface area contributed by atoms with Gasteiger partial charge in [0.1, 0.15) is 29.7 Å². The molecule has 2 aromatic rings. The van der Waals surface area contributed by atoms with Crippen molar-refractivity contribution in [1.82, 2.24) is 15.2 Å². The Kier molecular flexibility index (Phi) is 9.36. The zero-order valence-electron chi connectivity index (χ0n) is 20.7. The molecule has 0 unspecified atom stereocenters. The molecule has 4 N–H and O–H groups in total. The van der Waals surface area contributed by atoms with Gasteiger partial charge < -0.3 is 24.8 Å². The van der Waals surface area contributed by atoms with Crippen LogP contribution in [0.15, 0.2) is 24.4 Å². The molecule has 1 aromatic heterocycles. The molecule has 1 saturated heterocycles. The standard InChI is InChI=1S/C24H26N4O5.H2O4S/c1-14-17(3-4-18-19(14)13-33-24(18)31)21(29)12-28-7-5-16(6-8-28)27-23(30)20-9-22(32-2)15(10-25)11-26-20;1-5(2,3)4/h3-4,9,11,16,21,29H,5-8,12-13H2,1-2H3,(H,27,30);(H2,1,2,3,4)/t21-;/m0./s1. The smallest absolute Gasteiger partial charge is 0.394 e. The van der Waals surface area contributed by atoms with Crippen LogP contribution in [0, 0.1) is 18.3 Å². The summed E-state index contributed by atoms with van der Waals surface area (Å²) in [5, 5.41) is 22.9. The molecule has 1 fully saturated rings. The van der Waals surface area contributed by atoms with Crippen LogP contribution in [0.25, 0.3) is 0 Å². The van der Waals surface area contributed by atoms with Crippen molar-refractivity contribution in [3.8, 4) is 11.8 Å². The summed E-state index contributed by atoms with van der Waals surface area (Å²) in [5.74, 6) is -0.297. The predicted molar refractivity (Wildman–Crippen MR) is 132 cm³/mol. The first-order valence-electron chi connectivity index (χ1n) is 11.6. The van der Waals surface area contributed by atoms with Crippen LogP contribution in [0.4, 0.5) is 0 Å². The molecule has 2 aliphatic heterocycles. The Morgan fingerprint density at radius 1 is 1.34 bits per heavy atom. The van der Waals surface area contributed by atoms with E-state index in [-0.39, 0.29) is 35.8 Å². The van der Waals surface area contributed by atoms with E-state index in [4.69, 9.17) is 32.3 Å². The summed E-state index contributed by atoms with van der Waals surface area (Å²) in [6, 6.07) is 6.98. The Morgan fingerprint density at radius 3 is 2.61 bits per heavy atom. The van der Waals surface area contributed by atoms with Crippen LogP contribution < -0.4 is 10.1 Å². The van der Waals surface area contributed by atoms with Crippen molar-refractivity contribution in [3.63, 3.8) is 0 Å². The van der Waals surface area contributed by atoms with Gasteiger partial charge in [0.05, 0.1) is 18.8 Å². The molecule has 0 bridgehead atoms. The zero-order chi connectivity index (χ0) is 28.0. The van der Waals surface area contributed by atoms with E-state index in [1.54, 1.807) is 12.1 Å². The minimum Gasteiger partial charge on any atom is -0.495 e. The normalized spacial score (nSPS) is 16.4. The third-order valence-electron chi connectivity index (χ3n) is 6.36. The number of aliphatic hydroxyl groups is 1. The first kappa shape index (κ1) is 29.0. The predicted octanol–water partition coefficient (Wildman–Crippen LogP) is 1.22. The molecule has 4 rings (SSSR count). The average Bonchev–Trinajstić information content (AvgIpc) is 3.25. The van der Waals surface area contributed by atoms with Crippen LogP contribution in [0.2, 0.25) is 0 Å². The highest BCUT2D eigenvalue weighted by Crippen LogP contribution is 2.30. The lowest BCUT2D eigenvalue weighted by molar-refractivity contribution is 0.0534. The summed E-state index contributed by atoms with van der Waals surface area (Å²) in [6.45, 7) is 4.11. The van der Waals surface area contributed by atoms with Crippen molar-refractivity contribution in [2.45, 2.75) is 38.5 Å². The van der Waals surface area contributed by atoms with E-state index in [0.717, 1.165) is 42.6 Å². The lowest BCUT2D eigenvalue weighted by atomic mass is 9.94. The number of pyridine rings is 1. The number of aliphatic hydroxyl groups excluding tert-OH is 1. The summed E-state index contributed by atoms with van der Waals surface area (Å²) in [7, 11) is -3.22. The van der Waals surface area contributed by atoms with Crippen LogP contribution in [0.5, 0.6) is 5.75 Å². The summed E-state index contributed by atoms with van der Waals surface area (Å²) >= 11 is 0. The number of rotatable bonds is 6. The molecule has 204 valence electrons. The van der Waals surface area contributed by atoms with Gasteiger partial charge in [-0.25, -0.2) is 9.78 Å². The topological polar surface area (TPSA) is 199 Å². The minimum atomic E-state index is -4.67. The Labute approximate surface area is 219 Å². The van der Waals surface area contributed by atoms with E-state index < -0.39 is 16.5 Å². The largest absolute Gasteiger partial charge is 0.495 e. The number of nitrogens with zero attached hydrogens (tertiary/aromatic N) is 3. The van der Waals surface area contributed by atoms with Crippen molar-refractivity contribution in [1.29, 1.82) is 5.26 Å². The number of aromatic nitrogens is 1. The number of likely N-dealkylation sites (tertiary alicyclic amines) is 1. The maximum Gasteiger partial charge on any atom is 0.394 e. The molecular formula is C24H28N4O9S. The maximum atomic E-state index is 12.6. The second-order valence-electron chi connectivity index (χ2n) is 8.78. The molecule has 0 aliphatic carbocycles. The average molecular weight is 549 g/mol. The van der Waals surface area contributed by atoms with E-state index in [9.17, 15) is 14.7 Å². The van der Waals surface area contributed by atoms with Crippen LogP contribution in [0.1, 0.15) is 62.0 Å². The number of β-amino-alcohol motifs (C(OH)–C–C–N with tert-alkyl or cyclic N) is 1. The van der Waals surface area contributed by atoms with Crippen molar-refractivity contribution in [2.24, 2.45) is 0 Å². The van der Waals surface area contributed by atoms with Crippen molar-refractivity contribution in [2.75, 3.05) is 26.7 Å². The number of fused-ring (bicyclic) bond motifs is 1. The van der Waals surface area contributed by atoms with Gasteiger partial charge in [-0.05, 0) is 37.0 Å². The number of amides is 1. The number of nitriles is 1. The summed E-state index contributed by atoms with van der Waals surface area (Å²) in [5.41, 5.74) is 3.62. The number of methoxy groups -OCH3 is 1. The van der Waals surface area contributed by atoms with Gasteiger partial charge in [0.2, 0.25) is 0 Å². The molecule has 13 nitrogen and oxygen atoms in total. The van der Waals surface area contributed by atoms with Gasteiger partial charge in [-0.15, -0.1) is 0 Å². The van der Waals surface area contributed by atoms with Gasteiger partial charge in [-0.2, -0.15) is 13.7 Å². The third-order valence-corrected chi connectivity index (χ3v) is 6.36. The number of hydrogen-bond donors (Lipinski definition) is 4. The van der Waals surface area contributed by atoms with Gasteiger partial charge >= 0.3 is 16.4 Å². The highest BCUT2D eigenvalue weighted by atomic mass is 32.3. The number of carbonyl (C=O) groups is 2. The van der Waals surface area contributed by atoms with Crippen molar-refractivity contribution < 1.29 is 41.7 Å². The zero-order valence-corrected chi connectivity index (χ0v) is 21.6. The van der Waals surface area contributed by atoms with Gasteiger partial charge in [0, 0.05) is 43.5 Å². The SMILES string of the molecule is COc1cc(C(=O)NC2CCN(C[C@H](O)c3ccc4c(c3C)COC4=O)CC2)ncc1C#N.O=S(=O)(O)O. The van der Waals surface area contributed by atoms with E-state index in [1.807, 2.05) is 13.0 Å². The number of hydrogen-bond acceptors (Lipinski definition) is 10. The first-order chi connectivity index (χ1) is 17.9. The maximum absolute atomic E-state index is 12.6. The fraction of sp³-hybridized carbons (Fsp3) is 0.417. The Morgan fingerprint density at radius 2 is 2.00 bits per heavy atom. The van der Waals surface area contributed by atoms with Crippen LogP contribution in [-0.4, -0.2) is 77.2 Å². The third kappa shape index (κ3) is 7.46. The fourth-order valence-electron chi connectivity index (χ4n) is 4.40. The second kappa shape index (κ2) is 12.3. The Bertz CT molecular complexity index is 1340. The number of esters is 1. The Hall–Kier alpha value is -3.61. The van der Waals surface area contributed by atoms with E-state index in [1.165, 1.54) is 19.4 Å². The highest BCUT2D eigenvalue weighted by Gasteiger charge is 2.28. The first-order valence-corrected chi connectivity index (χ1v) is 13.0. The van der Waals surface area contributed by atoms with Gasteiger partial charge in [0.25, 0.3) is 5.91 Å². The lowest BCUT2D eigenvalue weighted by Crippen LogP contribution is -2.45. The number of piperidine rings is 1. The molecule has 2 aliphatic rings. The molecule has 38 heavy (non-hydrogen) atoms. The number of carbonyl (C=O) groups excluding carboxylic acids is 2. The molecule has 0 radical (unpaired) electrons. The second-order valence-corrected chi connectivity index (χ2v) is 9.67. The summed E-state index contributed by atoms with van der Waals surface area (Å²) in [6.07, 6.45) is 2.16. The Balaban J connectivity index is 0.000000732. The van der Waals surface area contributed by atoms with Crippen LogP contribution >= 0.6 is 0 Å². The number of benzene rings is 1. The molecule has 0 saturated carbocycles. The number of nitrogens with one attached hydrogen (secondary N) is 1. The quantitative estimate of drug-likeness (QED) is 0.298. The molecule has 0 spiro atoms. The van der Waals surface area contributed by atoms with Crippen LogP contribution in [-0.2, 0) is 21.7 Å². The van der Waals surface area contributed by atoms with Gasteiger partial charge in [-0.1, -0.05) is 6.07 Å². The molecular weight excluding hydrogens is 520 g/mol. The molecule has 3 heterocycles. The number of cyclic esters (lactones) is 1. The lowest BCUT2D eigenvalue weighted by Gasteiger charge is -2.33. The van der Waals surface area contributed by atoms with Gasteiger partial charge in [0.15, 0.2) is 0 Å². The van der Waals surface area contributed by atoms with E-state index >= 15 is 0 Å². The van der Waals surface area contributed by atoms with E-state index in [2.05, 4.69) is 15.2 Å². The van der Waals surface area contributed by atoms with Crippen molar-refractivity contribution >= 4 is 22.3 Å². The number of ether oxygens (including phenoxy) is 2. The fourth-order valence-corrected chi connectivity index (χ4v) is 4.40. The summed E-state index contributed by atoms with van der Waals surface area (Å²) < 4.78 is 41.8. The summed E-state index contributed by atoms with van der Waals surface area (Å²) in [4.78, 5) is 30.5.